The number of ketones is 1. The van der Waals surface area contributed by atoms with Crippen LogP contribution in [0.2, 0.25) is 0 Å². The topological polar surface area (TPSA) is 52.1 Å². The second-order valence-corrected chi connectivity index (χ2v) is 2.31. The lowest BCUT2D eigenvalue weighted by molar-refractivity contribution is 0.104. The van der Waals surface area contributed by atoms with Gasteiger partial charge in [0.05, 0.1) is 19.5 Å². The van der Waals surface area contributed by atoms with E-state index in [4.69, 9.17) is 4.74 Å². The zero-order valence-corrected chi connectivity index (χ0v) is 7.52. The van der Waals surface area contributed by atoms with Crippen LogP contribution in [-0.2, 0) is 0 Å². The van der Waals surface area contributed by atoms with E-state index in [1.807, 2.05) is 0 Å². The molecule has 0 amide bonds. The van der Waals surface area contributed by atoms with Crippen LogP contribution in [0.5, 0.6) is 5.88 Å². The van der Waals surface area contributed by atoms with Crippen LogP contribution in [0.3, 0.4) is 0 Å². The van der Waals surface area contributed by atoms with Gasteiger partial charge < -0.3 is 4.74 Å². The first-order valence-electron chi connectivity index (χ1n) is 3.81. The maximum absolute atomic E-state index is 11.2. The van der Waals surface area contributed by atoms with E-state index in [9.17, 15) is 4.79 Å². The van der Waals surface area contributed by atoms with Gasteiger partial charge in [-0.2, -0.15) is 0 Å². The normalized spacial score (nSPS) is 10.3. The number of methoxy groups -OCH3 is 1. The summed E-state index contributed by atoms with van der Waals surface area (Å²) in [5, 5.41) is 0. The maximum Gasteiger partial charge on any atom is 0.232 e. The minimum absolute atomic E-state index is 0.155. The summed E-state index contributed by atoms with van der Waals surface area (Å²) in [4.78, 5) is 19.0. The van der Waals surface area contributed by atoms with Gasteiger partial charge in [-0.1, -0.05) is 6.08 Å². The summed E-state index contributed by atoms with van der Waals surface area (Å²) in [7, 11) is 1.50. The zero-order chi connectivity index (χ0) is 9.68. The number of hydrogen-bond acceptors (Lipinski definition) is 4. The van der Waals surface area contributed by atoms with Crippen molar-refractivity contribution in [2.75, 3.05) is 7.11 Å². The molecule has 1 rings (SSSR count). The van der Waals surface area contributed by atoms with Crippen LogP contribution in [0, 0.1) is 0 Å². The molecule has 1 aromatic rings. The number of ether oxygens (including phenoxy) is 1. The molecular weight excluding hydrogens is 168 g/mol. The molecule has 0 fully saturated rings. The van der Waals surface area contributed by atoms with E-state index in [-0.39, 0.29) is 5.78 Å². The molecule has 13 heavy (non-hydrogen) atoms. The van der Waals surface area contributed by atoms with Gasteiger partial charge in [-0.25, -0.2) is 9.97 Å². The van der Waals surface area contributed by atoms with Gasteiger partial charge in [-0.05, 0) is 13.0 Å². The average molecular weight is 178 g/mol. The summed E-state index contributed by atoms with van der Waals surface area (Å²) in [6.07, 6.45) is 5.91. The van der Waals surface area contributed by atoms with Crippen LogP contribution in [0.1, 0.15) is 17.4 Å². The van der Waals surface area contributed by atoms with Crippen molar-refractivity contribution in [3.63, 3.8) is 0 Å². The summed E-state index contributed by atoms with van der Waals surface area (Å²) in [6, 6.07) is 0. The van der Waals surface area contributed by atoms with Crippen LogP contribution < -0.4 is 4.74 Å². The Morgan fingerprint density at radius 2 is 2.23 bits per heavy atom. The van der Waals surface area contributed by atoms with Crippen molar-refractivity contribution in [1.29, 1.82) is 0 Å². The van der Waals surface area contributed by atoms with Gasteiger partial charge >= 0.3 is 0 Å². The Kier molecular flexibility index (Phi) is 3.14. The van der Waals surface area contributed by atoms with E-state index >= 15 is 0 Å². The van der Waals surface area contributed by atoms with Gasteiger partial charge in [0, 0.05) is 0 Å². The highest BCUT2D eigenvalue weighted by molar-refractivity contribution is 6.02. The van der Waals surface area contributed by atoms with Gasteiger partial charge in [0.15, 0.2) is 0 Å². The number of carbonyl (C=O) groups excluding carboxylic acids is 1. The molecule has 1 heterocycles. The van der Waals surface area contributed by atoms with Crippen LogP contribution in [-0.4, -0.2) is 22.9 Å². The summed E-state index contributed by atoms with van der Waals surface area (Å²) >= 11 is 0. The molecule has 68 valence electrons. The molecule has 0 aromatic carbocycles. The van der Waals surface area contributed by atoms with Gasteiger partial charge in [-0.3, -0.25) is 4.79 Å². The molecule has 4 heteroatoms. The molecule has 0 aliphatic heterocycles. The third-order valence-electron chi connectivity index (χ3n) is 1.41. The van der Waals surface area contributed by atoms with E-state index in [2.05, 4.69) is 9.97 Å². The van der Waals surface area contributed by atoms with Crippen molar-refractivity contribution >= 4 is 5.78 Å². The number of hydrogen-bond donors (Lipinski definition) is 0. The van der Waals surface area contributed by atoms with Crippen molar-refractivity contribution in [2.45, 2.75) is 6.92 Å². The van der Waals surface area contributed by atoms with Gasteiger partial charge in [0.25, 0.3) is 0 Å². The molecule has 0 saturated heterocycles. The molecule has 0 aliphatic carbocycles. The summed E-state index contributed by atoms with van der Waals surface area (Å²) in [5.41, 5.74) is 0.318. The van der Waals surface area contributed by atoms with E-state index < -0.39 is 0 Å². The number of allylic oxidation sites excluding steroid dienone is 2. The molecule has 0 saturated carbocycles. The number of rotatable bonds is 3. The molecule has 0 bridgehead atoms. The summed E-state index contributed by atoms with van der Waals surface area (Å²) < 4.78 is 4.81. The quantitative estimate of drug-likeness (QED) is 0.516. The Bertz CT molecular complexity index is 317. The van der Waals surface area contributed by atoms with Crippen LogP contribution in [0.15, 0.2) is 24.5 Å². The Balaban J connectivity index is 2.85. The first-order chi connectivity index (χ1) is 6.27. The average Bonchev–Trinajstić information content (AvgIpc) is 2.18. The smallest absolute Gasteiger partial charge is 0.232 e. The molecule has 1 aromatic heterocycles. The highest BCUT2D eigenvalue weighted by Gasteiger charge is 2.03. The number of nitrogens with zero attached hydrogens (tertiary/aromatic N) is 2. The predicted molar refractivity (Wildman–Crippen MR) is 47.7 cm³/mol. The Morgan fingerprint density at radius 3 is 2.69 bits per heavy atom. The zero-order valence-electron chi connectivity index (χ0n) is 7.52. The maximum atomic E-state index is 11.2. The minimum atomic E-state index is -0.155. The highest BCUT2D eigenvalue weighted by Crippen LogP contribution is 2.03. The molecular formula is C9H10N2O2. The number of carbonyl (C=O) groups is 1. The largest absolute Gasteiger partial charge is 0.480 e. The van der Waals surface area contributed by atoms with Crippen LogP contribution in [0.4, 0.5) is 0 Å². The first kappa shape index (κ1) is 9.38. The van der Waals surface area contributed by atoms with Crippen molar-refractivity contribution in [2.24, 2.45) is 0 Å². The first-order valence-corrected chi connectivity index (χ1v) is 3.81. The van der Waals surface area contributed by atoms with E-state index in [0.29, 0.717) is 11.6 Å². The molecule has 0 spiro atoms. The molecule has 0 radical (unpaired) electrons. The van der Waals surface area contributed by atoms with E-state index in [0.717, 1.165) is 0 Å². The molecule has 0 aliphatic rings. The van der Waals surface area contributed by atoms with E-state index in [1.165, 1.54) is 25.6 Å². The third kappa shape index (κ3) is 2.37. The van der Waals surface area contributed by atoms with Crippen molar-refractivity contribution in [3.8, 4) is 5.88 Å². The molecule has 0 atom stereocenters. The minimum Gasteiger partial charge on any atom is -0.480 e. The summed E-state index contributed by atoms with van der Waals surface area (Å²) in [5.74, 6) is 0.245. The fraction of sp³-hybridized carbons (Fsp3) is 0.222. The fourth-order valence-corrected chi connectivity index (χ4v) is 0.786. The lowest BCUT2D eigenvalue weighted by Gasteiger charge is -1.97. The van der Waals surface area contributed by atoms with Crippen molar-refractivity contribution < 1.29 is 9.53 Å². The van der Waals surface area contributed by atoms with Crippen molar-refractivity contribution in [3.05, 3.63) is 30.2 Å². The lowest BCUT2D eigenvalue weighted by Crippen LogP contribution is -1.99. The van der Waals surface area contributed by atoms with Crippen LogP contribution in [0.25, 0.3) is 0 Å². The second kappa shape index (κ2) is 4.35. The lowest BCUT2D eigenvalue weighted by atomic mass is 10.3. The molecule has 0 unspecified atom stereocenters. The second-order valence-electron chi connectivity index (χ2n) is 2.31. The Hall–Kier alpha value is -1.71. The Morgan fingerprint density at radius 1 is 1.46 bits per heavy atom. The molecule has 4 nitrogen and oxygen atoms in total. The van der Waals surface area contributed by atoms with Crippen molar-refractivity contribution in [1.82, 2.24) is 9.97 Å². The standard InChI is InChI=1S/C9H10N2O2/c1-3-4-8(12)7-5-11-9(13-2)6-10-7/h3-6H,1-2H3/b4-3+. The Labute approximate surface area is 76.3 Å². The summed E-state index contributed by atoms with van der Waals surface area (Å²) in [6.45, 7) is 1.77. The van der Waals surface area contributed by atoms with Gasteiger partial charge in [-0.15, -0.1) is 0 Å². The predicted octanol–water partition coefficient (Wildman–Crippen LogP) is 1.24. The monoisotopic (exact) mass is 178 g/mol. The fourth-order valence-electron chi connectivity index (χ4n) is 0.786. The molecule has 0 N–H and O–H groups in total. The number of aromatic nitrogens is 2. The third-order valence-corrected chi connectivity index (χ3v) is 1.41. The van der Waals surface area contributed by atoms with Crippen LogP contribution >= 0.6 is 0 Å². The highest BCUT2D eigenvalue weighted by atomic mass is 16.5. The van der Waals surface area contributed by atoms with E-state index in [1.54, 1.807) is 13.0 Å². The van der Waals surface area contributed by atoms with Gasteiger partial charge in [0.1, 0.15) is 5.69 Å². The van der Waals surface area contributed by atoms with Gasteiger partial charge in [0.2, 0.25) is 11.7 Å². The SMILES string of the molecule is C/C=C/C(=O)c1cnc(OC)cn1.